The smallest absolute Gasteiger partial charge is 0.0544 e. The Morgan fingerprint density at radius 1 is 0.477 bits per heavy atom. The minimum absolute atomic E-state index is 0.0284. The largest absolute Gasteiger partial charge is 0.309 e. The maximum Gasteiger partial charge on any atom is 0.0544 e. The number of fused-ring (bicyclic) bond motifs is 6. The normalized spacial score (nSPS) is 13.4. The Kier molecular flexibility index (Phi) is 6.13. The molecule has 214 valence electrons. The summed E-state index contributed by atoms with van der Waals surface area (Å²) in [5.74, 6) is 0. The number of hydrogen-bond donors (Lipinski definition) is 0. The van der Waals surface area contributed by atoms with Crippen LogP contribution in [0, 0.1) is 0 Å². The minimum atomic E-state index is 0.0284. The topological polar surface area (TPSA) is 4.93 Å². The molecule has 0 spiro atoms. The maximum absolute atomic E-state index is 2.45. The van der Waals surface area contributed by atoms with Gasteiger partial charge in [-0.25, -0.2) is 0 Å². The lowest BCUT2D eigenvalue weighted by molar-refractivity contribution is 0.660. The highest BCUT2D eigenvalue weighted by Crippen LogP contribution is 2.49. The molecule has 44 heavy (non-hydrogen) atoms. The van der Waals surface area contributed by atoms with Crippen molar-refractivity contribution in [2.45, 2.75) is 46.0 Å². The van der Waals surface area contributed by atoms with Gasteiger partial charge in [-0.3, -0.25) is 0 Å². The number of nitrogens with zero attached hydrogens (tertiary/aromatic N) is 1. The third kappa shape index (κ3) is 3.92. The highest BCUT2D eigenvalue weighted by Gasteiger charge is 2.35. The van der Waals surface area contributed by atoms with Crippen LogP contribution >= 0.6 is 0 Å². The molecule has 7 aromatic rings. The van der Waals surface area contributed by atoms with Crippen molar-refractivity contribution in [1.29, 1.82) is 0 Å². The maximum atomic E-state index is 2.45. The molecule has 0 unspecified atom stereocenters. The third-order valence-corrected chi connectivity index (χ3v) is 10.0. The first-order valence-corrected chi connectivity index (χ1v) is 16.0. The Morgan fingerprint density at radius 3 is 1.93 bits per heavy atom. The summed E-state index contributed by atoms with van der Waals surface area (Å²) in [6.45, 7) is 9.21. The fraction of sp³-hybridized carbons (Fsp3) is 0.163. The minimum Gasteiger partial charge on any atom is -0.309 e. The lowest BCUT2D eigenvalue weighted by atomic mass is 9.82. The van der Waals surface area contributed by atoms with Crippen LogP contribution in [0.4, 0.5) is 0 Å². The Labute approximate surface area is 260 Å². The molecule has 1 aromatic heterocycles. The van der Waals surface area contributed by atoms with Gasteiger partial charge >= 0.3 is 0 Å². The average Bonchev–Trinajstić information content (AvgIpc) is 3.52. The summed E-state index contributed by atoms with van der Waals surface area (Å²) in [6.07, 6.45) is 2.02. The van der Waals surface area contributed by atoms with Gasteiger partial charge in [0.2, 0.25) is 0 Å². The molecule has 1 aliphatic carbocycles. The van der Waals surface area contributed by atoms with E-state index in [-0.39, 0.29) is 5.41 Å². The van der Waals surface area contributed by atoms with Gasteiger partial charge in [-0.15, -0.1) is 0 Å². The first-order valence-electron chi connectivity index (χ1n) is 16.0. The van der Waals surface area contributed by atoms with E-state index in [0.717, 1.165) is 12.8 Å². The SMILES string of the molecule is CCc1ccccc1-c1cc2c3ccccc3n(-c3ccc(-c4ccc5c(c4)-c4ccccc4C5(C)C)cc3)c2cc1CC. The molecule has 0 aliphatic heterocycles. The molecule has 0 bridgehead atoms. The van der Waals surface area contributed by atoms with Gasteiger partial charge in [-0.2, -0.15) is 0 Å². The van der Waals surface area contributed by atoms with Crippen molar-refractivity contribution in [2.24, 2.45) is 0 Å². The van der Waals surface area contributed by atoms with Crippen LogP contribution in [0.15, 0.2) is 127 Å². The molecule has 0 fully saturated rings. The molecular formula is C43H37N. The van der Waals surface area contributed by atoms with Crippen molar-refractivity contribution in [3.05, 3.63) is 150 Å². The van der Waals surface area contributed by atoms with Crippen LogP contribution in [0.5, 0.6) is 0 Å². The Hall–Kier alpha value is -4.88. The number of aryl methyl sites for hydroxylation is 2. The van der Waals surface area contributed by atoms with E-state index in [4.69, 9.17) is 0 Å². The molecule has 0 N–H and O–H groups in total. The molecule has 0 saturated carbocycles. The van der Waals surface area contributed by atoms with Crippen LogP contribution in [-0.2, 0) is 18.3 Å². The summed E-state index contributed by atoms with van der Waals surface area (Å²) in [4.78, 5) is 0. The first kappa shape index (κ1) is 26.7. The second-order valence-electron chi connectivity index (χ2n) is 12.7. The van der Waals surface area contributed by atoms with Crippen molar-refractivity contribution in [1.82, 2.24) is 4.57 Å². The molecule has 1 heteroatoms. The molecule has 0 atom stereocenters. The van der Waals surface area contributed by atoms with E-state index >= 15 is 0 Å². The molecule has 0 radical (unpaired) electrons. The number of rotatable bonds is 5. The second kappa shape index (κ2) is 10.1. The summed E-state index contributed by atoms with van der Waals surface area (Å²) in [5, 5.41) is 2.60. The fourth-order valence-electron chi connectivity index (χ4n) is 7.67. The van der Waals surface area contributed by atoms with Gasteiger partial charge in [-0.05, 0) is 105 Å². The van der Waals surface area contributed by atoms with Crippen molar-refractivity contribution in [3.8, 4) is 39.1 Å². The first-order chi connectivity index (χ1) is 21.5. The zero-order valence-electron chi connectivity index (χ0n) is 26.0. The van der Waals surface area contributed by atoms with Gasteiger partial charge in [0.15, 0.2) is 0 Å². The van der Waals surface area contributed by atoms with E-state index in [0.29, 0.717) is 0 Å². The Balaban J connectivity index is 1.26. The predicted molar refractivity (Wildman–Crippen MR) is 188 cm³/mol. The van der Waals surface area contributed by atoms with Crippen LogP contribution in [-0.4, -0.2) is 4.57 Å². The predicted octanol–water partition coefficient (Wildman–Crippen LogP) is 11.5. The van der Waals surface area contributed by atoms with Gasteiger partial charge in [0.25, 0.3) is 0 Å². The van der Waals surface area contributed by atoms with Crippen molar-refractivity contribution in [3.63, 3.8) is 0 Å². The Bertz CT molecular complexity index is 2210. The van der Waals surface area contributed by atoms with Crippen molar-refractivity contribution >= 4 is 21.8 Å². The molecule has 0 amide bonds. The lowest BCUT2D eigenvalue weighted by Crippen LogP contribution is -2.14. The van der Waals surface area contributed by atoms with Gasteiger partial charge in [0.1, 0.15) is 0 Å². The number of para-hydroxylation sites is 1. The van der Waals surface area contributed by atoms with Crippen LogP contribution in [0.1, 0.15) is 49.9 Å². The second-order valence-corrected chi connectivity index (χ2v) is 12.7. The van der Waals surface area contributed by atoms with Crippen LogP contribution in [0.3, 0.4) is 0 Å². The Morgan fingerprint density at radius 2 is 1.14 bits per heavy atom. The van der Waals surface area contributed by atoms with E-state index in [9.17, 15) is 0 Å². The van der Waals surface area contributed by atoms with Gasteiger partial charge < -0.3 is 4.57 Å². The molecule has 1 heterocycles. The van der Waals surface area contributed by atoms with Crippen LogP contribution in [0.25, 0.3) is 60.9 Å². The van der Waals surface area contributed by atoms with Gasteiger partial charge in [0, 0.05) is 21.9 Å². The van der Waals surface area contributed by atoms with E-state index in [2.05, 4.69) is 160 Å². The monoisotopic (exact) mass is 567 g/mol. The fourth-order valence-corrected chi connectivity index (χ4v) is 7.67. The zero-order valence-corrected chi connectivity index (χ0v) is 26.0. The molecule has 8 rings (SSSR count). The zero-order chi connectivity index (χ0) is 30.0. The molecule has 1 nitrogen and oxygen atoms in total. The van der Waals surface area contributed by atoms with Crippen LogP contribution in [0.2, 0.25) is 0 Å². The summed E-state index contributed by atoms with van der Waals surface area (Å²) in [7, 11) is 0. The number of hydrogen-bond acceptors (Lipinski definition) is 0. The van der Waals surface area contributed by atoms with Gasteiger partial charge in [0.05, 0.1) is 11.0 Å². The summed E-state index contributed by atoms with van der Waals surface area (Å²) in [5.41, 5.74) is 17.3. The number of benzene rings is 6. The molecule has 1 aliphatic rings. The van der Waals surface area contributed by atoms with E-state index in [1.54, 1.807) is 0 Å². The van der Waals surface area contributed by atoms with E-state index in [1.807, 2.05) is 0 Å². The molecule has 6 aromatic carbocycles. The summed E-state index contributed by atoms with van der Waals surface area (Å²) in [6, 6.07) is 47.7. The quantitative estimate of drug-likeness (QED) is 0.195. The van der Waals surface area contributed by atoms with Gasteiger partial charge in [-0.1, -0.05) is 119 Å². The number of aromatic nitrogens is 1. The summed E-state index contributed by atoms with van der Waals surface area (Å²) >= 11 is 0. The highest BCUT2D eigenvalue weighted by atomic mass is 15.0. The van der Waals surface area contributed by atoms with Crippen molar-refractivity contribution < 1.29 is 0 Å². The van der Waals surface area contributed by atoms with Crippen molar-refractivity contribution in [2.75, 3.05) is 0 Å². The highest BCUT2D eigenvalue weighted by molar-refractivity contribution is 6.11. The molecular weight excluding hydrogens is 530 g/mol. The third-order valence-electron chi connectivity index (χ3n) is 10.0. The van der Waals surface area contributed by atoms with Crippen LogP contribution < -0.4 is 0 Å². The lowest BCUT2D eigenvalue weighted by Gasteiger charge is -2.21. The standard InChI is InChI=1S/C43H37N/c1-5-28-13-7-8-14-33(28)36-27-38-35-16-10-12-18-41(35)44(42(38)26-29(36)6-2)32-22-19-30(20-23-32)31-21-24-40-37(25-31)34-15-9-11-17-39(34)43(40,3)4/h7-27H,5-6H2,1-4H3. The average molecular weight is 568 g/mol. The summed E-state index contributed by atoms with van der Waals surface area (Å²) < 4.78 is 2.45. The van der Waals surface area contributed by atoms with E-state index in [1.165, 1.54) is 83.1 Å². The molecule has 0 saturated heterocycles. The van der Waals surface area contributed by atoms with E-state index < -0.39 is 0 Å².